The number of nitrogens with zero attached hydrogens (tertiary/aromatic N) is 2. The summed E-state index contributed by atoms with van der Waals surface area (Å²) in [5, 5.41) is 0. The minimum absolute atomic E-state index is 0.314. The number of hydrogen-bond acceptors (Lipinski definition) is 3. The summed E-state index contributed by atoms with van der Waals surface area (Å²) in [5.41, 5.74) is 2.69. The highest BCUT2D eigenvalue weighted by molar-refractivity contribution is 5.91. The zero-order chi connectivity index (χ0) is 10.6. The number of carbonyl (C=O) groups is 1. The van der Waals surface area contributed by atoms with Crippen molar-refractivity contribution in [2.75, 3.05) is 6.61 Å². The molecule has 5 heteroatoms. The largest absolute Gasteiger partial charge is 0.340 e. The number of nitrogens with one attached hydrogen (secondary N) is 1. The van der Waals surface area contributed by atoms with Gasteiger partial charge in [-0.2, -0.15) is 0 Å². The van der Waals surface area contributed by atoms with E-state index in [0.29, 0.717) is 18.2 Å². The average molecular weight is 197 g/mol. The number of imidazole rings is 1. The topological polar surface area (TPSA) is 56.1 Å². The first kappa shape index (κ1) is 10.7. The van der Waals surface area contributed by atoms with Gasteiger partial charge in [0.2, 0.25) is 0 Å². The summed E-state index contributed by atoms with van der Waals surface area (Å²) in [6.45, 7) is 4.51. The van der Waals surface area contributed by atoms with Gasteiger partial charge in [0.1, 0.15) is 5.69 Å². The molecule has 1 heterocycles. The third kappa shape index (κ3) is 3.18. The minimum Gasteiger partial charge on any atom is -0.340 e. The molecule has 1 amide bonds. The van der Waals surface area contributed by atoms with Crippen molar-refractivity contribution in [3.63, 3.8) is 0 Å². The van der Waals surface area contributed by atoms with Crippen LogP contribution < -0.4 is 5.48 Å². The van der Waals surface area contributed by atoms with E-state index < -0.39 is 0 Å². The van der Waals surface area contributed by atoms with Crippen LogP contribution >= 0.6 is 0 Å². The summed E-state index contributed by atoms with van der Waals surface area (Å²) in [6, 6.07) is 0. The summed E-state index contributed by atoms with van der Waals surface area (Å²) >= 11 is 0. The number of carbonyl (C=O) groups excluding carboxylic acids is 1. The lowest BCUT2D eigenvalue weighted by molar-refractivity contribution is 0.0205. The monoisotopic (exact) mass is 197 g/mol. The number of amides is 1. The van der Waals surface area contributed by atoms with Crippen molar-refractivity contribution in [1.29, 1.82) is 0 Å². The predicted octanol–water partition coefficient (Wildman–Crippen LogP) is 0.737. The van der Waals surface area contributed by atoms with Crippen molar-refractivity contribution in [2.24, 2.45) is 13.0 Å². The molecule has 0 aliphatic carbocycles. The Balaban J connectivity index is 2.36. The predicted molar refractivity (Wildman–Crippen MR) is 51.5 cm³/mol. The average Bonchev–Trinajstić information content (AvgIpc) is 2.51. The molecule has 0 spiro atoms. The van der Waals surface area contributed by atoms with Crippen molar-refractivity contribution in [1.82, 2.24) is 15.0 Å². The molecule has 1 N–H and O–H groups in total. The lowest BCUT2D eigenvalue weighted by atomic mass is 10.2. The summed E-state index contributed by atoms with van der Waals surface area (Å²) in [5.74, 6) is 0.0743. The highest BCUT2D eigenvalue weighted by atomic mass is 16.6. The van der Waals surface area contributed by atoms with Crippen LogP contribution in [0.2, 0.25) is 0 Å². The SMILES string of the molecule is CC(C)CONC(=O)c1cn(C)cn1. The molecule has 0 aliphatic heterocycles. The van der Waals surface area contributed by atoms with Gasteiger partial charge in [-0.25, -0.2) is 10.5 Å². The van der Waals surface area contributed by atoms with E-state index in [1.165, 1.54) is 0 Å². The van der Waals surface area contributed by atoms with Gasteiger partial charge in [-0.3, -0.25) is 9.63 Å². The lowest BCUT2D eigenvalue weighted by Gasteiger charge is -2.05. The van der Waals surface area contributed by atoms with Crippen LogP contribution in [0.3, 0.4) is 0 Å². The zero-order valence-electron chi connectivity index (χ0n) is 8.65. The van der Waals surface area contributed by atoms with Crippen LogP contribution in [0, 0.1) is 5.92 Å². The molecular formula is C9H15N3O2. The summed E-state index contributed by atoms with van der Waals surface area (Å²) in [7, 11) is 1.80. The Hall–Kier alpha value is -1.36. The second-order valence-electron chi connectivity index (χ2n) is 3.56. The third-order valence-corrected chi connectivity index (χ3v) is 1.52. The molecule has 1 aromatic rings. The van der Waals surface area contributed by atoms with Crippen LogP contribution in [-0.2, 0) is 11.9 Å². The zero-order valence-corrected chi connectivity index (χ0v) is 8.65. The molecule has 0 aliphatic rings. The maximum Gasteiger partial charge on any atom is 0.295 e. The highest BCUT2D eigenvalue weighted by Gasteiger charge is 2.08. The normalized spacial score (nSPS) is 10.6. The third-order valence-electron chi connectivity index (χ3n) is 1.52. The first-order valence-corrected chi connectivity index (χ1v) is 4.49. The quantitative estimate of drug-likeness (QED) is 0.724. The van der Waals surface area contributed by atoms with Crippen LogP contribution in [0.4, 0.5) is 0 Å². The van der Waals surface area contributed by atoms with E-state index in [9.17, 15) is 4.79 Å². The number of hydrogen-bond donors (Lipinski definition) is 1. The van der Waals surface area contributed by atoms with E-state index in [4.69, 9.17) is 4.84 Å². The molecule has 0 saturated carbocycles. The molecule has 5 nitrogen and oxygen atoms in total. The summed E-state index contributed by atoms with van der Waals surface area (Å²) < 4.78 is 1.71. The Morgan fingerprint density at radius 1 is 1.71 bits per heavy atom. The number of aromatic nitrogens is 2. The van der Waals surface area contributed by atoms with Crippen molar-refractivity contribution in [3.8, 4) is 0 Å². The van der Waals surface area contributed by atoms with Gasteiger partial charge in [-0.05, 0) is 5.92 Å². The molecule has 0 aromatic carbocycles. The van der Waals surface area contributed by atoms with Crippen molar-refractivity contribution in [2.45, 2.75) is 13.8 Å². The maximum atomic E-state index is 11.3. The fourth-order valence-electron chi connectivity index (χ4n) is 0.856. The molecule has 1 aromatic heterocycles. The lowest BCUT2D eigenvalue weighted by Crippen LogP contribution is -2.25. The maximum absolute atomic E-state index is 11.3. The van der Waals surface area contributed by atoms with Crippen molar-refractivity contribution >= 4 is 5.91 Å². The summed E-state index contributed by atoms with van der Waals surface area (Å²) in [4.78, 5) is 20.2. The molecule has 0 atom stereocenters. The first-order valence-electron chi connectivity index (χ1n) is 4.49. The van der Waals surface area contributed by atoms with Crippen LogP contribution in [0.5, 0.6) is 0 Å². The number of hydroxylamine groups is 1. The summed E-state index contributed by atoms with van der Waals surface area (Å²) in [6.07, 6.45) is 3.20. The van der Waals surface area contributed by atoms with Crippen molar-refractivity contribution < 1.29 is 9.63 Å². The minimum atomic E-state index is -0.314. The van der Waals surface area contributed by atoms with Gasteiger partial charge in [0.05, 0.1) is 12.9 Å². The fraction of sp³-hybridized carbons (Fsp3) is 0.556. The second kappa shape index (κ2) is 4.76. The highest BCUT2D eigenvalue weighted by Crippen LogP contribution is 1.95. The Morgan fingerprint density at radius 3 is 2.93 bits per heavy atom. The van der Waals surface area contributed by atoms with E-state index in [0.717, 1.165) is 0 Å². The van der Waals surface area contributed by atoms with Crippen LogP contribution in [-0.4, -0.2) is 22.1 Å². The number of rotatable bonds is 4. The Labute approximate surface area is 83.0 Å². The van der Waals surface area contributed by atoms with Gasteiger partial charge in [0.25, 0.3) is 5.91 Å². The van der Waals surface area contributed by atoms with E-state index >= 15 is 0 Å². The molecule has 0 radical (unpaired) electrons. The molecule has 1 rings (SSSR count). The molecule has 0 unspecified atom stereocenters. The molecule has 0 bridgehead atoms. The van der Waals surface area contributed by atoms with Gasteiger partial charge in [0, 0.05) is 13.2 Å². The van der Waals surface area contributed by atoms with Gasteiger partial charge < -0.3 is 4.57 Å². The fourth-order valence-corrected chi connectivity index (χ4v) is 0.856. The molecular weight excluding hydrogens is 182 g/mol. The molecule has 0 saturated heterocycles. The van der Waals surface area contributed by atoms with Gasteiger partial charge in [-0.1, -0.05) is 13.8 Å². The van der Waals surface area contributed by atoms with Crippen LogP contribution in [0.15, 0.2) is 12.5 Å². The smallest absolute Gasteiger partial charge is 0.295 e. The van der Waals surface area contributed by atoms with Gasteiger partial charge in [-0.15, -0.1) is 0 Å². The second-order valence-corrected chi connectivity index (χ2v) is 3.56. The van der Waals surface area contributed by atoms with Gasteiger partial charge in [0.15, 0.2) is 0 Å². The first-order chi connectivity index (χ1) is 6.59. The van der Waals surface area contributed by atoms with Crippen LogP contribution in [0.1, 0.15) is 24.3 Å². The van der Waals surface area contributed by atoms with Crippen LogP contribution in [0.25, 0.3) is 0 Å². The molecule has 78 valence electrons. The standard InChI is InChI=1S/C9H15N3O2/c1-7(2)5-14-11-9(13)8-4-12(3)6-10-8/h4,6-7H,5H2,1-3H3,(H,11,13). The van der Waals surface area contributed by atoms with E-state index in [1.54, 1.807) is 24.1 Å². The van der Waals surface area contributed by atoms with E-state index in [2.05, 4.69) is 10.5 Å². The Morgan fingerprint density at radius 2 is 2.43 bits per heavy atom. The van der Waals surface area contributed by atoms with E-state index in [1.807, 2.05) is 13.8 Å². The number of aryl methyl sites for hydroxylation is 1. The van der Waals surface area contributed by atoms with E-state index in [-0.39, 0.29) is 5.91 Å². The molecule has 14 heavy (non-hydrogen) atoms. The Kier molecular flexibility index (Phi) is 3.64. The van der Waals surface area contributed by atoms with Crippen molar-refractivity contribution in [3.05, 3.63) is 18.2 Å². The molecule has 0 fully saturated rings. The van der Waals surface area contributed by atoms with Gasteiger partial charge >= 0.3 is 0 Å². The Bertz CT molecular complexity index is 307.